The lowest BCUT2D eigenvalue weighted by molar-refractivity contribution is 0.0985. The SMILES string of the molecule is CCOc1cccc2sc(N(CCCn3ccnc3)C(=O)c3cc(C)oc3C)nc12. The summed E-state index contributed by atoms with van der Waals surface area (Å²) in [6.45, 7) is 7.47. The van der Waals surface area contributed by atoms with E-state index in [1.54, 1.807) is 23.5 Å². The van der Waals surface area contributed by atoms with Gasteiger partial charge in [0, 0.05) is 25.5 Å². The fourth-order valence-corrected chi connectivity index (χ4v) is 4.41. The largest absolute Gasteiger partial charge is 0.492 e. The maximum absolute atomic E-state index is 13.4. The maximum Gasteiger partial charge on any atom is 0.263 e. The third kappa shape index (κ3) is 4.09. The number of benzene rings is 1. The average molecular weight is 425 g/mol. The Hall–Kier alpha value is -3.13. The molecular weight excluding hydrogens is 400 g/mol. The molecule has 1 amide bonds. The molecule has 0 unspecified atom stereocenters. The molecule has 7 nitrogen and oxygen atoms in total. The molecule has 0 saturated carbocycles. The predicted octanol–water partition coefficient (Wildman–Crippen LogP) is 4.84. The van der Waals surface area contributed by atoms with E-state index in [1.807, 2.05) is 49.7 Å². The number of furan rings is 1. The number of aryl methyl sites for hydroxylation is 3. The molecule has 1 aromatic carbocycles. The fourth-order valence-electron chi connectivity index (χ4n) is 3.40. The van der Waals surface area contributed by atoms with Gasteiger partial charge in [-0.05, 0) is 45.4 Å². The molecule has 0 N–H and O–H groups in total. The van der Waals surface area contributed by atoms with Gasteiger partial charge in [0.1, 0.15) is 22.8 Å². The van der Waals surface area contributed by atoms with Crippen LogP contribution in [0.5, 0.6) is 5.75 Å². The Morgan fingerprint density at radius 3 is 2.90 bits per heavy atom. The number of anilines is 1. The zero-order valence-electron chi connectivity index (χ0n) is 17.3. The first-order valence-electron chi connectivity index (χ1n) is 9.93. The maximum atomic E-state index is 13.4. The molecule has 0 atom stereocenters. The first-order valence-corrected chi connectivity index (χ1v) is 10.8. The number of ether oxygens (including phenoxy) is 1. The van der Waals surface area contributed by atoms with Gasteiger partial charge in [-0.15, -0.1) is 0 Å². The van der Waals surface area contributed by atoms with Crippen LogP contribution in [0.3, 0.4) is 0 Å². The second-order valence-electron chi connectivity index (χ2n) is 6.97. The molecule has 156 valence electrons. The monoisotopic (exact) mass is 424 g/mol. The van der Waals surface area contributed by atoms with Crippen molar-refractivity contribution in [3.63, 3.8) is 0 Å². The molecule has 0 saturated heterocycles. The average Bonchev–Trinajstić information content (AvgIpc) is 3.45. The van der Waals surface area contributed by atoms with Crippen molar-refractivity contribution in [1.29, 1.82) is 0 Å². The molecule has 8 heteroatoms. The van der Waals surface area contributed by atoms with Gasteiger partial charge in [-0.1, -0.05) is 17.4 Å². The van der Waals surface area contributed by atoms with E-state index in [0.717, 1.165) is 34.7 Å². The van der Waals surface area contributed by atoms with Gasteiger partial charge in [0.15, 0.2) is 5.13 Å². The summed E-state index contributed by atoms with van der Waals surface area (Å²) in [5.74, 6) is 1.97. The minimum absolute atomic E-state index is 0.105. The molecule has 4 aromatic rings. The van der Waals surface area contributed by atoms with Crippen molar-refractivity contribution in [2.75, 3.05) is 18.1 Å². The molecule has 0 spiro atoms. The van der Waals surface area contributed by atoms with E-state index < -0.39 is 0 Å². The summed E-state index contributed by atoms with van der Waals surface area (Å²) >= 11 is 1.49. The van der Waals surface area contributed by atoms with Crippen molar-refractivity contribution in [1.82, 2.24) is 14.5 Å². The number of rotatable bonds is 8. The number of para-hydroxylation sites is 1. The Balaban J connectivity index is 1.67. The highest BCUT2D eigenvalue weighted by Gasteiger charge is 2.25. The number of nitrogens with zero attached hydrogens (tertiary/aromatic N) is 4. The van der Waals surface area contributed by atoms with Gasteiger partial charge < -0.3 is 13.7 Å². The third-order valence-corrected chi connectivity index (χ3v) is 5.82. The van der Waals surface area contributed by atoms with Crippen LogP contribution in [0.2, 0.25) is 0 Å². The van der Waals surface area contributed by atoms with Crippen LogP contribution in [0, 0.1) is 13.8 Å². The summed E-state index contributed by atoms with van der Waals surface area (Å²) in [6, 6.07) is 7.65. The zero-order chi connectivity index (χ0) is 21.1. The second kappa shape index (κ2) is 8.71. The highest BCUT2D eigenvalue weighted by molar-refractivity contribution is 7.22. The van der Waals surface area contributed by atoms with Gasteiger partial charge in [-0.25, -0.2) is 9.97 Å². The van der Waals surface area contributed by atoms with Gasteiger partial charge in [0.2, 0.25) is 0 Å². The number of thiazole rings is 1. The molecule has 3 aromatic heterocycles. The van der Waals surface area contributed by atoms with Crippen molar-refractivity contribution in [2.24, 2.45) is 0 Å². The topological polar surface area (TPSA) is 73.4 Å². The van der Waals surface area contributed by atoms with Crippen molar-refractivity contribution in [3.05, 3.63) is 60.1 Å². The number of fused-ring (bicyclic) bond motifs is 1. The number of carbonyl (C=O) groups is 1. The molecule has 0 aliphatic rings. The number of carbonyl (C=O) groups excluding carboxylic acids is 1. The summed E-state index contributed by atoms with van der Waals surface area (Å²) in [5, 5.41) is 0.658. The van der Waals surface area contributed by atoms with Gasteiger partial charge in [-0.3, -0.25) is 9.69 Å². The second-order valence-corrected chi connectivity index (χ2v) is 7.98. The van der Waals surface area contributed by atoms with Crippen LogP contribution in [-0.4, -0.2) is 33.6 Å². The van der Waals surface area contributed by atoms with E-state index in [4.69, 9.17) is 14.1 Å². The molecule has 0 fully saturated rings. The number of aromatic nitrogens is 3. The Labute approximate surface area is 178 Å². The van der Waals surface area contributed by atoms with Gasteiger partial charge in [-0.2, -0.15) is 0 Å². The molecule has 0 aliphatic heterocycles. The van der Waals surface area contributed by atoms with Crippen molar-refractivity contribution < 1.29 is 13.9 Å². The predicted molar refractivity (Wildman–Crippen MR) is 117 cm³/mol. The van der Waals surface area contributed by atoms with Gasteiger partial charge in [0.05, 0.1) is 23.2 Å². The van der Waals surface area contributed by atoms with Crippen LogP contribution < -0.4 is 9.64 Å². The molecule has 4 rings (SSSR count). The summed E-state index contributed by atoms with van der Waals surface area (Å²) < 4.78 is 14.3. The first-order chi connectivity index (χ1) is 14.6. The first kappa shape index (κ1) is 20.2. The Bertz CT molecular complexity index is 1150. The minimum atomic E-state index is -0.105. The number of hydrogen-bond acceptors (Lipinski definition) is 6. The number of amides is 1. The van der Waals surface area contributed by atoms with Crippen LogP contribution in [0.15, 0.2) is 47.4 Å². The van der Waals surface area contributed by atoms with E-state index in [2.05, 4.69) is 4.98 Å². The zero-order valence-corrected chi connectivity index (χ0v) is 18.1. The smallest absolute Gasteiger partial charge is 0.263 e. The summed E-state index contributed by atoms with van der Waals surface area (Å²) in [5.41, 5.74) is 1.35. The van der Waals surface area contributed by atoms with Crippen molar-refractivity contribution in [3.8, 4) is 5.75 Å². The van der Waals surface area contributed by atoms with Crippen LogP contribution in [0.1, 0.15) is 35.2 Å². The Morgan fingerprint density at radius 2 is 2.20 bits per heavy atom. The van der Waals surface area contributed by atoms with E-state index in [1.165, 1.54) is 11.3 Å². The Morgan fingerprint density at radius 1 is 1.33 bits per heavy atom. The highest BCUT2D eigenvalue weighted by atomic mass is 32.1. The van der Waals surface area contributed by atoms with E-state index in [-0.39, 0.29) is 5.91 Å². The quantitative estimate of drug-likeness (QED) is 0.405. The third-order valence-electron chi connectivity index (χ3n) is 4.78. The molecular formula is C22H24N4O3S. The highest BCUT2D eigenvalue weighted by Crippen LogP contribution is 2.35. The lowest BCUT2D eigenvalue weighted by Crippen LogP contribution is -2.32. The minimum Gasteiger partial charge on any atom is -0.492 e. The van der Waals surface area contributed by atoms with E-state index in [0.29, 0.717) is 29.6 Å². The van der Waals surface area contributed by atoms with Crippen LogP contribution in [-0.2, 0) is 6.54 Å². The molecule has 0 radical (unpaired) electrons. The van der Waals surface area contributed by atoms with Crippen molar-refractivity contribution >= 4 is 32.6 Å². The van der Waals surface area contributed by atoms with Crippen LogP contribution in [0.4, 0.5) is 5.13 Å². The molecule has 3 heterocycles. The van der Waals surface area contributed by atoms with Crippen LogP contribution >= 0.6 is 11.3 Å². The molecule has 30 heavy (non-hydrogen) atoms. The lowest BCUT2D eigenvalue weighted by atomic mass is 10.2. The Kier molecular flexibility index (Phi) is 5.85. The van der Waals surface area contributed by atoms with Crippen molar-refractivity contribution in [2.45, 2.75) is 33.7 Å². The van der Waals surface area contributed by atoms with E-state index in [9.17, 15) is 4.79 Å². The van der Waals surface area contributed by atoms with Crippen LogP contribution in [0.25, 0.3) is 10.2 Å². The molecule has 0 aliphatic carbocycles. The normalized spacial score (nSPS) is 11.2. The van der Waals surface area contributed by atoms with Gasteiger partial charge >= 0.3 is 0 Å². The van der Waals surface area contributed by atoms with Gasteiger partial charge in [0.25, 0.3) is 5.91 Å². The molecule has 0 bridgehead atoms. The fraction of sp³-hybridized carbons (Fsp3) is 0.318. The lowest BCUT2D eigenvalue weighted by Gasteiger charge is -2.19. The van der Waals surface area contributed by atoms with E-state index >= 15 is 0 Å². The summed E-state index contributed by atoms with van der Waals surface area (Å²) in [4.78, 5) is 24.0. The number of hydrogen-bond donors (Lipinski definition) is 0. The summed E-state index contributed by atoms with van der Waals surface area (Å²) in [6.07, 6.45) is 6.22. The summed E-state index contributed by atoms with van der Waals surface area (Å²) in [7, 11) is 0. The number of imidazole rings is 1. The standard InChI is InChI=1S/C22H24N4O3S/c1-4-28-18-7-5-8-19-20(18)24-22(30-19)26(11-6-10-25-12-9-23-14-25)21(27)17-13-15(2)29-16(17)3/h5,7-9,12-14H,4,6,10-11H2,1-3H3.